The van der Waals surface area contributed by atoms with Gasteiger partial charge in [0.15, 0.2) is 5.84 Å². The summed E-state index contributed by atoms with van der Waals surface area (Å²) < 4.78 is 3.15. The number of aromatic nitrogens is 4. The molecule has 0 bridgehead atoms. The molecule has 2 aliphatic rings. The van der Waals surface area contributed by atoms with Crippen molar-refractivity contribution >= 4 is 28.5 Å². The fraction of sp³-hybridized carbons (Fsp3) is 0.391. The van der Waals surface area contributed by atoms with E-state index in [9.17, 15) is 10.0 Å². The van der Waals surface area contributed by atoms with Gasteiger partial charge in [-0.1, -0.05) is 24.1 Å². The van der Waals surface area contributed by atoms with Crippen LogP contribution in [0.5, 0.6) is 0 Å². The molecule has 3 N–H and O–H groups in total. The molecule has 0 aliphatic carbocycles. The van der Waals surface area contributed by atoms with Gasteiger partial charge in [0.2, 0.25) is 5.95 Å². The van der Waals surface area contributed by atoms with Gasteiger partial charge in [-0.2, -0.15) is 5.10 Å². The van der Waals surface area contributed by atoms with Crippen LogP contribution in [-0.4, -0.2) is 54.6 Å². The fourth-order valence-corrected chi connectivity index (χ4v) is 4.38. The Morgan fingerprint density at radius 2 is 2.15 bits per heavy atom. The van der Waals surface area contributed by atoms with E-state index in [1.54, 1.807) is 13.1 Å². The van der Waals surface area contributed by atoms with Crippen LogP contribution in [0, 0.1) is 11.8 Å². The van der Waals surface area contributed by atoms with Crippen molar-refractivity contribution in [3.8, 4) is 11.8 Å². The van der Waals surface area contributed by atoms with E-state index < -0.39 is 0 Å². The molecule has 0 spiro atoms. The Labute approximate surface area is 190 Å². The number of aliphatic imine (C=N–C) groups is 1. The molecule has 3 aromatic rings. The molecule has 1 fully saturated rings. The monoisotopic (exact) mass is 446 g/mol. The number of rotatable bonds is 4. The lowest BCUT2D eigenvalue weighted by Gasteiger charge is -2.31. The minimum Gasteiger partial charge on any atom is -0.341 e. The lowest BCUT2D eigenvalue weighted by molar-refractivity contribution is -0.0275. The molecule has 1 atom stereocenters. The minimum absolute atomic E-state index is 0.0359. The fourth-order valence-electron chi connectivity index (χ4n) is 4.38. The predicted molar refractivity (Wildman–Crippen MR) is 126 cm³/mol. The number of hydrogen-bond donors (Lipinski definition) is 2. The van der Waals surface area contributed by atoms with Crippen LogP contribution < -0.4 is 16.2 Å². The number of hydroxylamine groups is 2. The van der Waals surface area contributed by atoms with Crippen molar-refractivity contribution < 1.29 is 5.21 Å². The highest BCUT2D eigenvalue weighted by molar-refractivity contribution is 5.86. The number of nitrogens with two attached hydrogens (primary N) is 1. The Hall–Kier alpha value is -3.68. The molecule has 10 nitrogen and oxygen atoms in total. The maximum Gasteiger partial charge on any atom is 0.293 e. The van der Waals surface area contributed by atoms with E-state index in [-0.39, 0.29) is 18.1 Å². The van der Waals surface area contributed by atoms with E-state index in [4.69, 9.17) is 10.7 Å². The Bertz CT molecular complexity index is 1350. The molecule has 1 saturated heterocycles. The van der Waals surface area contributed by atoms with Gasteiger partial charge in [-0.15, -0.1) is 5.92 Å². The predicted octanol–water partition coefficient (Wildman–Crippen LogP) is 1.48. The Balaban J connectivity index is 1.56. The van der Waals surface area contributed by atoms with Crippen molar-refractivity contribution in [3.05, 3.63) is 46.4 Å². The molecule has 2 aliphatic heterocycles. The van der Waals surface area contributed by atoms with Crippen LogP contribution in [0.4, 0.5) is 11.6 Å². The average molecular weight is 447 g/mol. The van der Waals surface area contributed by atoms with Crippen LogP contribution in [0.15, 0.2) is 40.2 Å². The van der Waals surface area contributed by atoms with Gasteiger partial charge < -0.3 is 10.6 Å². The standard InChI is InChI=1S/C23H26N8O2/c1-2-3-11-29-21-19(27-23(29)28-10-6-8-17(24)14-28)12-25-30(22(21)32)15-20-26-18-9-5-4-7-16(18)13-31(20)33/h4-5,7,9,12,17,33H,6,8,10-11,13-15,24H2,1H3. The van der Waals surface area contributed by atoms with Crippen LogP contribution >= 0.6 is 0 Å². The highest BCUT2D eigenvalue weighted by Crippen LogP contribution is 2.26. The molecule has 5 rings (SSSR count). The summed E-state index contributed by atoms with van der Waals surface area (Å²) in [6, 6.07) is 7.67. The van der Waals surface area contributed by atoms with Gasteiger partial charge >= 0.3 is 0 Å². The topological polar surface area (TPSA) is 118 Å². The second-order valence-corrected chi connectivity index (χ2v) is 8.33. The molecule has 1 aromatic carbocycles. The van der Waals surface area contributed by atoms with Gasteiger partial charge in [-0.3, -0.25) is 14.6 Å². The maximum absolute atomic E-state index is 13.5. The zero-order valence-corrected chi connectivity index (χ0v) is 18.5. The molecule has 170 valence electrons. The molecule has 2 aromatic heterocycles. The minimum atomic E-state index is -0.305. The number of nitrogens with zero attached hydrogens (tertiary/aromatic N) is 7. The van der Waals surface area contributed by atoms with Crippen LogP contribution in [0.2, 0.25) is 0 Å². The van der Waals surface area contributed by atoms with Gasteiger partial charge in [0.05, 0.1) is 25.0 Å². The molecule has 1 unspecified atom stereocenters. The highest BCUT2D eigenvalue weighted by atomic mass is 16.5. The molecule has 0 radical (unpaired) electrons. The third-order valence-electron chi connectivity index (χ3n) is 6.04. The number of hydrogen-bond acceptors (Lipinski definition) is 8. The first kappa shape index (κ1) is 21.2. The van der Waals surface area contributed by atoms with Crippen LogP contribution in [0.1, 0.15) is 25.3 Å². The number of piperidine rings is 1. The summed E-state index contributed by atoms with van der Waals surface area (Å²) in [5, 5.41) is 15.8. The molecular weight excluding hydrogens is 420 g/mol. The smallest absolute Gasteiger partial charge is 0.293 e. The lowest BCUT2D eigenvalue weighted by atomic mass is 10.1. The van der Waals surface area contributed by atoms with Gasteiger partial charge in [-0.25, -0.2) is 19.7 Å². The third kappa shape index (κ3) is 3.97. The number of fused-ring (bicyclic) bond motifs is 2. The summed E-state index contributed by atoms with van der Waals surface area (Å²) in [6.45, 7) is 3.95. The first-order valence-corrected chi connectivity index (χ1v) is 11.0. The highest BCUT2D eigenvalue weighted by Gasteiger charge is 2.25. The van der Waals surface area contributed by atoms with Crippen molar-refractivity contribution in [1.82, 2.24) is 24.4 Å². The molecule has 0 saturated carbocycles. The summed E-state index contributed by atoms with van der Waals surface area (Å²) in [5.74, 6) is 6.99. The van der Waals surface area contributed by atoms with Crippen molar-refractivity contribution in [2.24, 2.45) is 10.7 Å². The zero-order chi connectivity index (χ0) is 22.9. The summed E-state index contributed by atoms with van der Waals surface area (Å²) in [4.78, 5) is 24.9. The molecule has 0 amide bonds. The van der Waals surface area contributed by atoms with Crippen molar-refractivity contribution in [2.45, 2.75) is 45.4 Å². The van der Waals surface area contributed by atoms with Gasteiger partial charge in [0.25, 0.3) is 5.56 Å². The molecule has 33 heavy (non-hydrogen) atoms. The second-order valence-electron chi connectivity index (χ2n) is 8.33. The average Bonchev–Trinajstić information content (AvgIpc) is 3.19. The first-order valence-electron chi connectivity index (χ1n) is 11.0. The SMILES string of the molecule is CC#CCn1c(N2CCCC(N)C2)nc2cnn(CC3=Nc4ccccc4CN3O)c(=O)c21. The summed E-state index contributed by atoms with van der Waals surface area (Å²) in [6.07, 6.45) is 3.53. The normalized spacial score (nSPS) is 18.0. The van der Waals surface area contributed by atoms with Gasteiger partial charge in [-0.05, 0) is 31.4 Å². The van der Waals surface area contributed by atoms with Crippen molar-refractivity contribution in [2.75, 3.05) is 18.0 Å². The van der Waals surface area contributed by atoms with E-state index in [1.165, 1.54) is 4.68 Å². The number of imidazole rings is 1. The van der Waals surface area contributed by atoms with Crippen LogP contribution in [-0.2, 0) is 19.6 Å². The van der Waals surface area contributed by atoms with Crippen LogP contribution in [0.25, 0.3) is 11.0 Å². The number of para-hydroxylation sites is 1. The van der Waals surface area contributed by atoms with Gasteiger partial charge in [0.1, 0.15) is 17.6 Å². The van der Waals surface area contributed by atoms with E-state index in [0.717, 1.165) is 35.7 Å². The van der Waals surface area contributed by atoms with Crippen molar-refractivity contribution in [3.63, 3.8) is 0 Å². The summed E-state index contributed by atoms with van der Waals surface area (Å²) >= 11 is 0. The Morgan fingerprint density at radius 3 is 2.97 bits per heavy atom. The first-order chi connectivity index (χ1) is 16.0. The summed E-state index contributed by atoms with van der Waals surface area (Å²) in [5.41, 5.74) is 8.52. The molecular formula is C23H26N8O2. The van der Waals surface area contributed by atoms with E-state index >= 15 is 0 Å². The lowest BCUT2D eigenvalue weighted by Crippen LogP contribution is -2.44. The maximum atomic E-state index is 13.5. The number of anilines is 1. The van der Waals surface area contributed by atoms with Crippen LogP contribution in [0.3, 0.4) is 0 Å². The molecule has 10 heteroatoms. The van der Waals surface area contributed by atoms with Crippen molar-refractivity contribution in [1.29, 1.82) is 0 Å². The quantitative estimate of drug-likeness (QED) is 0.583. The Morgan fingerprint density at radius 1 is 1.30 bits per heavy atom. The van der Waals surface area contributed by atoms with Gasteiger partial charge in [0, 0.05) is 19.1 Å². The summed E-state index contributed by atoms with van der Waals surface area (Å²) in [7, 11) is 0. The second kappa shape index (κ2) is 8.69. The van der Waals surface area contributed by atoms with E-state index in [0.29, 0.717) is 42.5 Å². The van der Waals surface area contributed by atoms with E-state index in [1.807, 2.05) is 28.8 Å². The number of benzene rings is 1. The molecule has 4 heterocycles. The zero-order valence-electron chi connectivity index (χ0n) is 18.5. The number of amidine groups is 1. The largest absolute Gasteiger partial charge is 0.341 e. The van der Waals surface area contributed by atoms with E-state index in [2.05, 4.69) is 26.8 Å². The third-order valence-corrected chi connectivity index (χ3v) is 6.04. The Kier molecular flexibility index (Phi) is 5.58.